The van der Waals surface area contributed by atoms with Crippen LogP contribution in [0, 0.1) is 5.92 Å². The second-order valence-corrected chi connectivity index (χ2v) is 16.3. The molecule has 1 aliphatic carbocycles. The van der Waals surface area contributed by atoms with Gasteiger partial charge in [-0.15, -0.1) is 0 Å². The summed E-state index contributed by atoms with van der Waals surface area (Å²) >= 11 is 0. The number of hydrogen-bond acceptors (Lipinski definition) is 7. The number of nitrogens with two attached hydrogens (primary N) is 1. The van der Waals surface area contributed by atoms with E-state index in [1.807, 2.05) is 0 Å². The van der Waals surface area contributed by atoms with E-state index in [1.165, 1.54) is 43.2 Å². The molecule has 2 saturated heterocycles. The van der Waals surface area contributed by atoms with Crippen molar-refractivity contribution in [1.29, 1.82) is 0 Å². The molecule has 8 heteroatoms. The molecule has 8 N–H and O–H groups in total. The van der Waals surface area contributed by atoms with Crippen LogP contribution in [-0.2, 0) is 16.6 Å². The van der Waals surface area contributed by atoms with Crippen molar-refractivity contribution in [3.63, 3.8) is 0 Å². The van der Waals surface area contributed by atoms with E-state index in [2.05, 4.69) is 54.1 Å². The van der Waals surface area contributed by atoms with E-state index < -0.39 is 11.6 Å². The molecule has 4 aliphatic rings. The first-order valence-electron chi connectivity index (χ1n) is 18.7. The molecule has 46 heavy (non-hydrogen) atoms. The van der Waals surface area contributed by atoms with E-state index in [0.29, 0.717) is 18.4 Å². The maximum Gasteiger partial charge on any atom is 0.306 e. The number of β-amino-alcohol motifs (C(OH)–C–C–N with tert-alkyl or cyclic N) is 1. The molecule has 3 heterocycles. The molecule has 8 atom stereocenters. The second-order valence-electron chi connectivity index (χ2n) is 16.3. The number of fused-ring (bicyclic) bond motifs is 6. The fourth-order valence-corrected chi connectivity index (χ4v) is 9.60. The molecular formula is C38H64N4O4. The van der Waals surface area contributed by atoms with Crippen LogP contribution < -0.4 is 21.7 Å². The van der Waals surface area contributed by atoms with Crippen LogP contribution in [0.2, 0.25) is 0 Å². The summed E-state index contributed by atoms with van der Waals surface area (Å²) in [5, 5.41) is 42.7. The van der Waals surface area contributed by atoms with Gasteiger partial charge in [-0.25, -0.2) is 0 Å². The molecule has 4 bridgehead atoms. The first-order chi connectivity index (χ1) is 22.0. The smallest absolute Gasteiger partial charge is 0.306 e. The number of rotatable bonds is 5. The van der Waals surface area contributed by atoms with Gasteiger partial charge in [-0.05, 0) is 95.1 Å². The first kappa shape index (κ1) is 35.7. The van der Waals surface area contributed by atoms with Gasteiger partial charge in [0.05, 0.1) is 24.3 Å². The third kappa shape index (κ3) is 9.32. The molecule has 0 radical (unpaired) electrons. The molecule has 5 rings (SSSR count). The summed E-state index contributed by atoms with van der Waals surface area (Å²) in [5.74, 6) is -0.352. The number of aliphatic hydroxyl groups excluding tert-OH is 1. The van der Waals surface area contributed by atoms with Crippen molar-refractivity contribution in [3.05, 3.63) is 35.4 Å². The lowest BCUT2D eigenvalue weighted by Crippen LogP contribution is -2.67. The molecule has 1 spiro atoms. The SMILES string of the molecule is CC1NC(CCC2CCCCCCC(O)(CC(=O)O)CNC3(C)CC(N)NC(C3)C3(CCCCC3)c3cccc(c3)C2)CCC1O. The van der Waals surface area contributed by atoms with Gasteiger partial charge in [-0.1, -0.05) is 75.6 Å². The summed E-state index contributed by atoms with van der Waals surface area (Å²) in [6.07, 6.45) is 18.0. The minimum atomic E-state index is -1.28. The predicted octanol–water partition coefficient (Wildman–Crippen LogP) is 5.27. The molecule has 0 aromatic heterocycles. The molecule has 1 aromatic rings. The minimum Gasteiger partial charge on any atom is -0.481 e. The van der Waals surface area contributed by atoms with Crippen LogP contribution in [0.25, 0.3) is 0 Å². The Morgan fingerprint density at radius 2 is 1.70 bits per heavy atom. The van der Waals surface area contributed by atoms with Crippen molar-refractivity contribution in [2.45, 2.75) is 183 Å². The van der Waals surface area contributed by atoms with Crippen molar-refractivity contribution in [2.24, 2.45) is 11.7 Å². The summed E-state index contributed by atoms with van der Waals surface area (Å²) in [6, 6.07) is 10.3. The summed E-state index contributed by atoms with van der Waals surface area (Å²) in [4.78, 5) is 11.8. The zero-order valence-corrected chi connectivity index (χ0v) is 28.7. The van der Waals surface area contributed by atoms with Crippen LogP contribution in [0.1, 0.15) is 141 Å². The van der Waals surface area contributed by atoms with Crippen LogP contribution in [0.15, 0.2) is 24.3 Å². The van der Waals surface area contributed by atoms with Gasteiger partial charge in [0.25, 0.3) is 0 Å². The highest BCUT2D eigenvalue weighted by Crippen LogP contribution is 2.46. The van der Waals surface area contributed by atoms with Gasteiger partial charge in [-0.3, -0.25) is 10.1 Å². The molecule has 1 saturated carbocycles. The van der Waals surface area contributed by atoms with E-state index in [9.17, 15) is 20.1 Å². The fraction of sp³-hybridized carbons (Fsp3) is 0.816. The zero-order chi connectivity index (χ0) is 32.8. The number of hydrogen-bond donors (Lipinski definition) is 7. The van der Waals surface area contributed by atoms with Crippen LogP contribution in [-0.4, -0.2) is 69.4 Å². The number of benzene rings is 1. The number of carbonyl (C=O) groups is 1. The Labute approximate surface area is 278 Å². The van der Waals surface area contributed by atoms with Gasteiger partial charge >= 0.3 is 5.97 Å². The molecule has 3 fully saturated rings. The average Bonchev–Trinajstić information content (AvgIpc) is 3.01. The van der Waals surface area contributed by atoms with Crippen molar-refractivity contribution in [3.8, 4) is 0 Å². The van der Waals surface area contributed by atoms with Gasteiger partial charge in [0.2, 0.25) is 0 Å². The fourth-order valence-electron chi connectivity index (χ4n) is 9.60. The van der Waals surface area contributed by atoms with Crippen molar-refractivity contribution >= 4 is 5.97 Å². The lowest BCUT2D eigenvalue weighted by Gasteiger charge is -2.53. The number of carboxylic acids is 1. The number of aliphatic carboxylic acids is 1. The standard InChI is InChI=1S/C38H64N4O4/c1-27-32(43)17-16-31(41-27)15-14-28-11-6-3-4-7-18-37(46,25-35(44)45)26-40-36(2)23-33(42-34(39)24-36)38(19-8-5-9-20-38)30-13-10-12-29(21-28)22-30/h10,12-13,22,27-28,31-34,40-43,46H,3-9,11,14-21,23-26,39H2,1-2H3,(H,44,45). The molecule has 3 aliphatic heterocycles. The highest BCUT2D eigenvalue weighted by atomic mass is 16.4. The van der Waals surface area contributed by atoms with E-state index in [-0.39, 0.29) is 48.3 Å². The average molecular weight is 641 g/mol. The summed E-state index contributed by atoms with van der Waals surface area (Å²) < 4.78 is 0. The lowest BCUT2D eigenvalue weighted by molar-refractivity contribution is -0.143. The Morgan fingerprint density at radius 1 is 0.957 bits per heavy atom. The van der Waals surface area contributed by atoms with Gasteiger partial charge in [0.15, 0.2) is 0 Å². The van der Waals surface area contributed by atoms with E-state index >= 15 is 0 Å². The monoisotopic (exact) mass is 640 g/mol. The maximum absolute atomic E-state index is 11.8. The molecular weight excluding hydrogens is 576 g/mol. The Kier molecular flexibility index (Phi) is 12.3. The largest absolute Gasteiger partial charge is 0.481 e. The highest BCUT2D eigenvalue weighted by molar-refractivity contribution is 5.68. The number of carboxylic acid groups (broad SMARTS) is 1. The van der Waals surface area contributed by atoms with Crippen molar-refractivity contribution < 1.29 is 20.1 Å². The number of aliphatic hydroxyl groups is 2. The Morgan fingerprint density at radius 3 is 2.46 bits per heavy atom. The van der Waals surface area contributed by atoms with Crippen LogP contribution in [0.4, 0.5) is 0 Å². The Hall–Kier alpha value is -1.55. The summed E-state index contributed by atoms with van der Waals surface area (Å²) in [5.41, 5.74) is 8.06. The van der Waals surface area contributed by atoms with Gasteiger partial charge in [0.1, 0.15) is 0 Å². The van der Waals surface area contributed by atoms with Crippen LogP contribution in [0.5, 0.6) is 0 Å². The normalized spacial score (nSPS) is 38.0. The van der Waals surface area contributed by atoms with Gasteiger partial charge in [-0.2, -0.15) is 0 Å². The molecule has 0 amide bonds. The number of piperidine rings is 2. The van der Waals surface area contributed by atoms with E-state index in [4.69, 9.17) is 5.73 Å². The minimum absolute atomic E-state index is 0.00344. The molecule has 260 valence electrons. The zero-order valence-electron chi connectivity index (χ0n) is 28.7. The van der Waals surface area contributed by atoms with E-state index in [1.54, 1.807) is 0 Å². The molecule has 8 unspecified atom stereocenters. The lowest BCUT2D eigenvalue weighted by atomic mass is 9.61. The second kappa shape index (κ2) is 15.8. The third-order valence-corrected chi connectivity index (χ3v) is 12.3. The Bertz CT molecular complexity index is 1130. The highest BCUT2D eigenvalue weighted by Gasteiger charge is 2.48. The van der Waals surface area contributed by atoms with Crippen molar-refractivity contribution in [1.82, 2.24) is 16.0 Å². The predicted molar refractivity (Wildman–Crippen MR) is 185 cm³/mol. The first-order valence-corrected chi connectivity index (χ1v) is 18.7. The Balaban J connectivity index is 1.42. The van der Waals surface area contributed by atoms with Gasteiger partial charge < -0.3 is 31.7 Å². The van der Waals surface area contributed by atoms with Crippen LogP contribution >= 0.6 is 0 Å². The van der Waals surface area contributed by atoms with E-state index in [0.717, 1.165) is 77.0 Å². The third-order valence-electron chi connectivity index (χ3n) is 12.3. The van der Waals surface area contributed by atoms with Crippen LogP contribution in [0.3, 0.4) is 0 Å². The number of nitrogens with one attached hydrogen (secondary N) is 3. The topological polar surface area (TPSA) is 140 Å². The van der Waals surface area contributed by atoms with Gasteiger partial charge in [0, 0.05) is 35.6 Å². The summed E-state index contributed by atoms with van der Waals surface area (Å²) in [6.45, 7) is 4.59. The quantitative estimate of drug-likeness (QED) is 0.231. The molecule has 1 aromatic carbocycles. The molecule has 8 nitrogen and oxygen atoms in total. The summed E-state index contributed by atoms with van der Waals surface area (Å²) in [7, 11) is 0. The maximum atomic E-state index is 11.8. The van der Waals surface area contributed by atoms with Crippen molar-refractivity contribution in [2.75, 3.05) is 6.54 Å².